The monoisotopic (exact) mass is 286 g/mol. The minimum Gasteiger partial charge on any atom is -0.496 e. The molecule has 1 aromatic carbocycles. The standard InChI is InChI=1S/C12H19BrN2O/c1-16-12-5-4-10(8-11(12)13)9-15-7-3-2-6-14/h4-5,8,15H,2-3,6-7,9,14H2,1H3. The molecule has 0 aliphatic carbocycles. The van der Waals surface area contributed by atoms with Gasteiger partial charge in [-0.1, -0.05) is 6.07 Å². The Hall–Kier alpha value is -0.580. The molecule has 0 aliphatic heterocycles. The van der Waals surface area contributed by atoms with Crippen molar-refractivity contribution in [3.05, 3.63) is 28.2 Å². The number of nitrogens with one attached hydrogen (secondary N) is 1. The Balaban J connectivity index is 2.34. The summed E-state index contributed by atoms with van der Waals surface area (Å²) in [5, 5.41) is 3.38. The van der Waals surface area contributed by atoms with Crippen LogP contribution in [0.15, 0.2) is 22.7 Å². The van der Waals surface area contributed by atoms with Gasteiger partial charge in [0, 0.05) is 6.54 Å². The Bertz CT molecular complexity index is 318. The van der Waals surface area contributed by atoms with E-state index in [9.17, 15) is 0 Å². The number of unbranched alkanes of at least 4 members (excludes halogenated alkanes) is 1. The van der Waals surface area contributed by atoms with Crippen molar-refractivity contribution >= 4 is 15.9 Å². The molecule has 0 aliphatic rings. The summed E-state index contributed by atoms with van der Waals surface area (Å²) in [7, 11) is 1.67. The number of hydrogen-bond donors (Lipinski definition) is 2. The predicted octanol–water partition coefficient (Wildman–Crippen LogP) is 2.29. The van der Waals surface area contributed by atoms with Crippen LogP contribution in [0.1, 0.15) is 18.4 Å². The molecule has 0 saturated heterocycles. The summed E-state index contributed by atoms with van der Waals surface area (Å²) in [6, 6.07) is 6.12. The molecule has 3 nitrogen and oxygen atoms in total. The molecule has 0 atom stereocenters. The zero-order chi connectivity index (χ0) is 11.8. The van der Waals surface area contributed by atoms with Gasteiger partial charge in [-0.3, -0.25) is 0 Å². The molecule has 0 aromatic heterocycles. The molecule has 0 spiro atoms. The molecule has 0 unspecified atom stereocenters. The first-order chi connectivity index (χ1) is 7.77. The Labute approximate surface area is 105 Å². The van der Waals surface area contributed by atoms with Gasteiger partial charge in [-0.2, -0.15) is 0 Å². The number of hydrogen-bond acceptors (Lipinski definition) is 3. The van der Waals surface area contributed by atoms with E-state index in [1.54, 1.807) is 7.11 Å². The number of methoxy groups -OCH3 is 1. The van der Waals surface area contributed by atoms with E-state index < -0.39 is 0 Å². The molecule has 0 fully saturated rings. The average molecular weight is 287 g/mol. The summed E-state index contributed by atoms with van der Waals surface area (Å²) in [6.45, 7) is 2.67. The van der Waals surface area contributed by atoms with Crippen molar-refractivity contribution in [2.75, 3.05) is 20.2 Å². The summed E-state index contributed by atoms with van der Waals surface area (Å²) < 4.78 is 6.17. The largest absolute Gasteiger partial charge is 0.496 e. The zero-order valence-electron chi connectivity index (χ0n) is 9.63. The van der Waals surface area contributed by atoms with Crippen molar-refractivity contribution in [2.24, 2.45) is 5.73 Å². The van der Waals surface area contributed by atoms with Gasteiger partial charge in [0.15, 0.2) is 0 Å². The molecule has 0 radical (unpaired) electrons. The minimum absolute atomic E-state index is 0.774. The van der Waals surface area contributed by atoms with Gasteiger partial charge in [0.2, 0.25) is 0 Å². The lowest BCUT2D eigenvalue weighted by Crippen LogP contribution is -2.15. The second-order valence-electron chi connectivity index (χ2n) is 3.64. The highest BCUT2D eigenvalue weighted by atomic mass is 79.9. The van der Waals surface area contributed by atoms with Crippen molar-refractivity contribution in [2.45, 2.75) is 19.4 Å². The second kappa shape index (κ2) is 7.65. The van der Waals surface area contributed by atoms with Gasteiger partial charge in [0.25, 0.3) is 0 Å². The molecule has 1 rings (SSSR count). The lowest BCUT2D eigenvalue weighted by atomic mass is 10.2. The van der Waals surface area contributed by atoms with Crippen molar-refractivity contribution in [1.82, 2.24) is 5.32 Å². The maximum absolute atomic E-state index is 5.43. The van der Waals surface area contributed by atoms with Gasteiger partial charge in [0.1, 0.15) is 5.75 Å². The van der Waals surface area contributed by atoms with Crippen LogP contribution in [-0.4, -0.2) is 20.2 Å². The molecule has 4 heteroatoms. The maximum atomic E-state index is 5.43. The fraction of sp³-hybridized carbons (Fsp3) is 0.500. The zero-order valence-corrected chi connectivity index (χ0v) is 11.2. The number of benzene rings is 1. The van der Waals surface area contributed by atoms with Gasteiger partial charge < -0.3 is 15.8 Å². The highest BCUT2D eigenvalue weighted by Crippen LogP contribution is 2.25. The summed E-state index contributed by atoms with van der Waals surface area (Å²) in [5.74, 6) is 0.867. The van der Waals surface area contributed by atoms with Crippen LogP contribution in [0.25, 0.3) is 0 Å². The van der Waals surface area contributed by atoms with Crippen molar-refractivity contribution in [1.29, 1.82) is 0 Å². The minimum atomic E-state index is 0.774. The van der Waals surface area contributed by atoms with Gasteiger partial charge in [-0.15, -0.1) is 0 Å². The predicted molar refractivity (Wildman–Crippen MR) is 70.7 cm³/mol. The Morgan fingerprint density at radius 2 is 2.19 bits per heavy atom. The van der Waals surface area contributed by atoms with Crippen molar-refractivity contribution < 1.29 is 4.74 Å². The summed E-state index contributed by atoms with van der Waals surface area (Å²) in [5.41, 5.74) is 6.68. The third-order valence-electron chi connectivity index (χ3n) is 2.35. The number of rotatable bonds is 7. The SMILES string of the molecule is COc1ccc(CNCCCCN)cc1Br. The van der Waals surface area contributed by atoms with E-state index in [2.05, 4.69) is 33.4 Å². The molecule has 90 valence electrons. The Morgan fingerprint density at radius 3 is 2.81 bits per heavy atom. The van der Waals surface area contributed by atoms with Crippen LogP contribution >= 0.6 is 15.9 Å². The summed E-state index contributed by atoms with van der Waals surface area (Å²) in [4.78, 5) is 0. The lowest BCUT2D eigenvalue weighted by molar-refractivity contribution is 0.412. The van der Waals surface area contributed by atoms with Crippen molar-refractivity contribution in [3.8, 4) is 5.75 Å². The van der Waals surface area contributed by atoms with E-state index in [0.29, 0.717) is 0 Å². The van der Waals surface area contributed by atoms with Crippen molar-refractivity contribution in [3.63, 3.8) is 0 Å². The third-order valence-corrected chi connectivity index (χ3v) is 2.97. The van der Waals surface area contributed by atoms with E-state index in [-0.39, 0.29) is 0 Å². The lowest BCUT2D eigenvalue weighted by Gasteiger charge is -2.07. The summed E-state index contributed by atoms with van der Waals surface area (Å²) >= 11 is 3.47. The first-order valence-corrected chi connectivity index (χ1v) is 6.30. The van der Waals surface area contributed by atoms with E-state index in [1.165, 1.54) is 5.56 Å². The molecular formula is C12H19BrN2O. The fourth-order valence-corrected chi connectivity index (χ4v) is 2.03. The third kappa shape index (κ3) is 4.51. The number of nitrogens with two attached hydrogens (primary N) is 1. The highest BCUT2D eigenvalue weighted by molar-refractivity contribution is 9.10. The fourth-order valence-electron chi connectivity index (χ4n) is 1.45. The average Bonchev–Trinajstić information content (AvgIpc) is 2.29. The van der Waals surface area contributed by atoms with E-state index in [1.807, 2.05) is 6.07 Å². The first-order valence-electron chi connectivity index (χ1n) is 5.51. The quantitative estimate of drug-likeness (QED) is 0.756. The molecule has 16 heavy (non-hydrogen) atoms. The van der Waals surface area contributed by atoms with E-state index in [4.69, 9.17) is 10.5 Å². The highest BCUT2D eigenvalue weighted by Gasteiger charge is 2.00. The topological polar surface area (TPSA) is 47.3 Å². The van der Waals surface area contributed by atoms with E-state index >= 15 is 0 Å². The van der Waals surface area contributed by atoms with Crippen LogP contribution in [-0.2, 0) is 6.54 Å². The molecule has 3 N–H and O–H groups in total. The Morgan fingerprint density at radius 1 is 1.38 bits per heavy atom. The van der Waals surface area contributed by atoms with E-state index in [0.717, 1.165) is 42.7 Å². The van der Waals surface area contributed by atoms with Gasteiger partial charge >= 0.3 is 0 Å². The molecule has 0 bridgehead atoms. The summed E-state index contributed by atoms with van der Waals surface area (Å²) in [6.07, 6.45) is 2.22. The van der Waals surface area contributed by atoms with Gasteiger partial charge in [0.05, 0.1) is 11.6 Å². The normalized spacial score (nSPS) is 10.4. The molecule has 1 aromatic rings. The molecular weight excluding hydrogens is 268 g/mol. The Kier molecular flexibility index (Phi) is 6.45. The van der Waals surface area contributed by atoms with Gasteiger partial charge in [-0.05, 0) is 59.6 Å². The van der Waals surface area contributed by atoms with Crippen LogP contribution in [0.2, 0.25) is 0 Å². The van der Waals surface area contributed by atoms with Crippen LogP contribution in [0, 0.1) is 0 Å². The second-order valence-corrected chi connectivity index (χ2v) is 4.50. The molecule has 0 saturated carbocycles. The molecule has 0 amide bonds. The van der Waals surface area contributed by atoms with Crippen LogP contribution in [0.5, 0.6) is 5.75 Å². The van der Waals surface area contributed by atoms with Crippen LogP contribution in [0.3, 0.4) is 0 Å². The molecule has 0 heterocycles. The maximum Gasteiger partial charge on any atom is 0.133 e. The van der Waals surface area contributed by atoms with Crippen LogP contribution < -0.4 is 15.8 Å². The number of halogens is 1. The first kappa shape index (κ1) is 13.5. The van der Waals surface area contributed by atoms with Gasteiger partial charge in [-0.25, -0.2) is 0 Å². The smallest absolute Gasteiger partial charge is 0.133 e. The van der Waals surface area contributed by atoms with Crippen LogP contribution in [0.4, 0.5) is 0 Å². The number of ether oxygens (including phenoxy) is 1.